The number of likely N-dealkylation sites (tertiary alicyclic amines) is 3. The van der Waals surface area contributed by atoms with Gasteiger partial charge in [-0.15, -0.1) is 18.8 Å². The first-order chi connectivity index (χ1) is 68.6. The quantitative estimate of drug-likeness (QED) is 0.0210. The van der Waals surface area contributed by atoms with Crippen LogP contribution in [-0.4, -0.2) is 293 Å². The van der Waals surface area contributed by atoms with Gasteiger partial charge in [0, 0.05) is 96.2 Å². The van der Waals surface area contributed by atoms with Gasteiger partial charge in [0.25, 0.3) is 48.7 Å². The molecule has 143 heavy (non-hydrogen) atoms. The second-order valence-electron chi connectivity index (χ2n) is 38.9. The van der Waals surface area contributed by atoms with E-state index in [1.807, 2.05) is 74.4 Å². The molecule has 4 aromatic rings. The molecular weight excluding hydrogens is 1940 g/mol. The molecule has 4 unspecified atom stereocenters. The second kappa shape index (κ2) is 51.2. The van der Waals surface area contributed by atoms with Crippen LogP contribution >= 0.6 is 28.3 Å². The van der Waals surface area contributed by atoms with Gasteiger partial charge in [-0.3, -0.25) is 117 Å². The summed E-state index contributed by atoms with van der Waals surface area (Å²) in [5.41, 5.74) is 2.77. The van der Waals surface area contributed by atoms with Gasteiger partial charge in [0.2, 0.25) is 35.4 Å². The van der Waals surface area contributed by atoms with E-state index < -0.39 is 118 Å². The Bertz CT molecular complexity index is 5620. The average molecular weight is 2070 g/mol. The highest BCUT2D eigenvalue weighted by Gasteiger charge is 2.51. The molecule has 0 radical (unpaired) electrons. The highest BCUT2D eigenvalue weighted by atomic mass is 79.9. The lowest BCUT2D eigenvalue weighted by atomic mass is 9.92. The van der Waals surface area contributed by atoms with Crippen LogP contribution in [0.15, 0.2) is 77.3 Å². The Labute approximate surface area is 847 Å². The maximum atomic E-state index is 13.2. The number of halogens is 3. The van der Waals surface area contributed by atoms with Crippen LogP contribution in [0.25, 0.3) is 0 Å². The molecule has 16 rings (SSSR count). The van der Waals surface area contributed by atoms with E-state index in [1.165, 1.54) is 13.5 Å². The van der Waals surface area contributed by atoms with E-state index in [0.29, 0.717) is 129 Å². The molecule has 4 N–H and O–H groups in total. The second-order valence-corrected chi connectivity index (χ2v) is 39.8. The number of imide groups is 7. The predicted molar refractivity (Wildman–Crippen MR) is 522 cm³/mol. The van der Waals surface area contributed by atoms with Crippen molar-refractivity contribution in [3.05, 3.63) is 138 Å². The van der Waals surface area contributed by atoms with Crippen molar-refractivity contribution in [1.29, 1.82) is 1.45 Å². The number of Topliss-reactive ketones (excluding diaryl/α,β-unsaturated/α-hetero) is 2. The normalized spacial score (nSPS) is 20.6. The van der Waals surface area contributed by atoms with E-state index in [0.717, 1.165) is 108 Å². The Morgan fingerprint density at radius 1 is 0.441 bits per heavy atom. The van der Waals surface area contributed by atoms with Crippen LogP contribution < -0.4 is 21.3 Å². The summed E-state index contributed by atoms with van der Waals surface area (Å²) in [6.45, 7) is 24.6. The molecule has 11 aliphatic heterocycles. The minimum absolute atomic E-state index is 0. The molecule has 7 saturated heterocycles. The number of hydrogen-bond acceptors (Lipinski definition) is 27. The molecule has 1 saturated carbocycles. The van der Waals surface area contributed by atoms with Gasteiger partial charge < -0.3 is 53.2 Å². The van der Waals surface area contributed by atoms with Gasteiger partial charge in [-0.1, -0.05) is 61.6 Å². The standard InChI is InChI=1S/C28H33N3O7.C26H33N3O7.C21H25N3O5.C14H10BrNO4.C13H21NO3.CH4.ClH.FH/c1-28(2,3)38-27(36)30-14-11-18(12-15-30)13-17-37-16-5-7-19-6-4-8-20-23(19)26(35)31(25(20)34)21-9-10-22(32)29-24(21)33;1-26(2,3)36-25(34)28-13-11-17(12-14-28)35-15-5-7-16-6-4-8-18-21(16)24(33)29(23(18)32)19-9-10-20(30)27-22(19)31;25-17-7-6-16(19(26)23-17)24-20(27)15-5-1-3-13(18(15)21(24)28)4-2-12-29-14-8-10-22-11-9-14;15-9-3-1-2-8-12(9)14(20)16(13(8)19)10-5-4-7(17)6-11(10)18;1-5-10-16-11-6-8-14(9-7-11)12(15)17-13(2,3)4;;;/h4,6,8,18,21H,9-17H2,1-3H3,(H,29,32,33);4,6,8,17,19H,5,7,9-15H2,1-3H3,(H,27,30,31);1,3,5,14,16,22H,2,4,6-12H2,(H,23,25,26);1-3,10H,4-6H2;1,11H,6-10H2,2-4H3;1H4;2*1H/i;;;;;1T;;/hT. The fourth-order valence-corrected chi connectivity index (χ4v) is 18.9. The summed E-state index contributed by atoms with van der Waals surface area (Å²) in [6, 6.07) is 16.4. The number of benzene rings is 4. The van der Waals surface area contributed by atoms with E-state index in [1.54, 1.807) is 69.3 Å². The number of carbonyl (C=O) groups excluding carboxylic acids is 19. The lowest BCUT2D eigenvalue weighted by Crippen LogP contribution is -2.54. The lowest BCUT2D eigenvalue weighted by Gasteiger charge is -2.33. The van der Waals surface area contributed by atoms with Gasteiger partial charge in [0.15, 0.2) is 5.78 Å². The topological polar surface area (TPSA) is 460 Å². The first kappa shape index (κ1) is 111. The number of aryl methyl sites for hydroxylation is 2. The molecule has 37 nitrogen and oxygen atoms in total. The van der Waals surface area contributed by atoms with Crippen molar-refractivity contribution < 1.29 is 130 Å². The summed E-state index contributed by atoms with van der Waals surface area (Å²) in [6.07, 6.45) is 16.1. The zero-order chi connectivity index (χ0) is 105. The molecule has 0 aromatic heterocycles. The number of rotatable bonds is 20. The predicted octanol–water partition coefficient (Wildman–Crippen LogP) is 10.7. The van der Waals surface area contributed by atoms with Crippen molar-refractivity contribution in [2.24, 2.45) is 5.92 Å². The molecule has 1 aliphatic carbocycles. The van der Waals surface area contributed by atoms with E-state index in [-0.39, 0.29) is 148 Å². The Balaban J connectivity index is 0.000000205. The van der Waals surface area contributed by atoms with Crippen molar-refractivity contribution in [1.82, 2.24) is 55.6 Å². The fourth-order valence-electron chi connectivity index (χ4n) is 18.3. The Hall–Kier alpha value is -12.4. The summed E-state index contributed by atoms with van der Waals surface area (Å²) < 4.78 is 58.5. The number of terminal acetylenes is 1. The molecular formula is C103H128BrClFN11O26. The molecule has 12 aliphatic rings. The fraction of sp³-hybridized carbons (Fsp3) is 0.544. The first-order valence-electron chi connectivity index (χ1n) is 49.2. The SMILES string of the molecule is C#CCOC1CCN(C(=O)OC(C)(C)C)CC1.CC(C)(C)OC(=O)N1CCC(CCOCC#Cc2cccc3c2C(=O)N(C2CCC(=O)NC2=O)C3=O)CC1.CC(C)(C)OC(=O)N1CCC(OCCCc2cccc3c2C(=O)N(C2CCC(=O)NC2=O)C3=O)CC1.Cl.O=C1CCC(N2C(=O)c3cccc(Br)c3C2=O)C(=O)C1.O=C1CCC(N2C(=O)c3cccc(CCCOC4CCNCC4)c3C2=O)C(=O)N1.[3H]C.[3H]F. The van der Waals surface area contributed by atoms with E-state index in [9.17, 15) is 91.1 Å². The number of ketones is 2. The number of piperidine rings is 7. The van der Waals surface area contributed by atoms with Gasteiger partial charge >= 0.3 is 18.3 Å². The Morgan fingerprint density at radius 2 is 0.797 bits per heavy atom. The number of fused-ring (bicyclic) bond motifs is 4. The molecule has 17 amide bonds. The summed E-state index contributed by atoms with van der Waals surface area (Å²) in [7, 11) is 1.25. The third-order valence-electron chi connectivity index (χ3n) is 25.3. The third-order valence-corrected chi connectivity index (χ3v) is 26.0. The first-order valence-corrected chi connectivity index (χ1v) is 48.6. The summed E-state index contributed by atoms with van der Waals surface area (Å²) in [4.78, 5) is 242. The average Bonchev–Trinajstić information content (AvgIpc) is 1.64. The van der Waals surface area contributed by atoms with Crippen LogP contribution in [0.3, 0.4) is 0 Å². The molecule has 0 bridgehead atoms. The Morgan fingerprint density at radius 3 is 1.20 bits per heavy atom. The van der Waals surface area contributed by atoms with E-state index in [4.69, 9.17) is 45.7 Å². The summed E-state index contributed by atoms with van der Waals surface area (Å²) in [5, 5.41) is 9.92. The summed E-state index contributed by atoms with van der Waals surface area (Å²) >= 11 is 3.25. The zero-order valence-corrected chi connectivity index (χ0v) is 84.7. The largest absolute Gasteiger partial charge is 0.444 e. The van der Waals surface area contributed by atoms with Crippen LogP contribution in [0.4, 0.5) is 19.1 Å². The number of ether oxygens (including phenoxy) is 7. The molecule has 11 heterocycles. The zero-order valence-electron chi connectivity index (χ0n) is 84.3. The molecule has 4 aromatic carbocycles. The highest BCUT2D eigenvalue weighted by Crippen LogP contribution is 2.38. The van der Waals surface area contributed by atoms with Gasteiger partial charge in [-0.2, -0.15) is 0 Å². The van der Waals surface area contributed by atoms with Crippen LogP contribution in [0.1, 0.15) is 299 Å². The molecule has 4 atom stereocenters. The van der Waals surface area contributed by atoms with Crippen LogP contribution in [0, 0.1) is 30.1 Å². The molecule has 40 heteroatoms. The number of carbonyl (C=O) groups is 19. The minimum atomic E-state index is -1.01. The lowest BCUT2D eigenvalue weighted by molar-refractivity contribution is -0.137. The van der Waals surface area contributed by atoms with E-state index in [2.05, 4.69) is 56.4 Å². The monoisotopic (exact) mass is 2070 g/mol. The number of nitrogens with zero attached hydrogens (tertiary/aromatic N) is 7. The van der Waals surface area contributed by atoms with E-state index >= 15 is 0 Å². The third kappa shape index (κ3) is 29.5. The van der Waals surface area contributed by atoms with Crippen LogP contribution in [-0.2, 0) is 84.4 Å². The molecule has 772 valence electrons. The van der Waals surface area contributed by atoms with Gasteiger partial charge in [-0.25, -0.2) is 14.4 Å². The highest BCUT2D eigenvalue weighted by molar-refractivity contribution is 9.10. The van der Waals surface area contributed by atoms with Crippen molar-refractivity contribution in [3.8, 4) is 24.2 Å². The number of amides is 17. The van der Waals surface area contributed by atoms with Gasteiger partial charge in [0.1, 0.15) is 53.9 Å². The van der Waals surface area contributed by atoms with Crippen LogP contribution in [0.5, 0.6) is 0 Å². The minimum Gasteiger partial charge on any atom is -0.444 e. The maximum Gasteiger partial charge on any atom is 0.410 e. The summed E-state index contributed by atoms with van der Waals surface area (Å²) in [5.74, 6) is 1.24. The molecule has 0 spiro atoms. The van der Waals surface area contributed by atoms with Crippen molar-refractivity contribution in [2.75, 3.05) is 85.4 Å². The number of nitrogens with one attached hydrogen (secondary N) is 4. The van der Waals surface area contributed by atoms with Gasteiger partial charge in [-0.05, 0) is 254 Å². The van der Waals surface area contributed by atoms with Gasteiger partial charge in [0.05, 0.1) is 75.3 Å². The van der Waals surface area contributed by atoms with Crippen molar-refractivity contribution in [3.63, 3.8) is 0 Å². The molecule has 8 fully saturated rings. The number of hydrogen-bond donors (Lipinski definition) is 4. The van der Waals surface area contributed by atoms with Crippen molar-refractivity contribution in [2.45, 2.75) is 270 Å². The van der Waals surface area contributed by atoms with Crippen LogP contribution in [0.2, 0.25) is 0 Å². The maximum absolute atomic E-state index is 13.2. The van der Waals surface area contributed by atoms with Crippen molar-refractivity contribution >= 4 is 141 Å². The smallest absolute Gasteiger partial charge is 0.410 e. The Kier molecular flexibility index (Phi) is 39.8.